The third-order valence-electron chi connectivity index (χ3n) is 5.27. The maximum Gasteiger partial charge on any atom is 0.315 e. The predicted molar refractivity (Wildman–Crippen MR) is 113 cm³/mol. The van der Waals surface area contributed by atoms with Crippen LogP contribution in [-0.4, -0.2) is 37.0 Å². The molecule has 0 saturated carbocycles. The quantitative estimate of drug-likeness (QED) is 0.785. The molecule has 2 aromatic rings. The lowest BCUT2D eigenvalue weighted by Crippen LogP contribution is -2.44. The van der Waals surface area contributed by atoms with Gasteiger partial charge in [-0.25, -0.2) is 4.79 Å². The van der Waals surface area contributed by atoms with Crippen LogP contribution >= 0.6 is 0 Å². The van der Waals surface area contributed by atoms with Crippen molar-refractivity contribution < 1.29 is 14.3 Å². The molecule has 3 rings (SSSR count). The van der Waals surface area contributed by atoms with Crippen LogP contribution in [0.1, 0.15) is 42.9 Å². The van der Waals surface area contributed by atoms with Crippen molar-refractivity contribution in [3.63, 3.8) is 0 Å². The Bertz CT molecular complexity index is 793. The first-order chi connectivity index (χ1) is 14.2. The molecule has 1 saturated heterocycles. The number of nitrogens with one attached hydrogen (secondary N) is 2. The highest BCUT2D eigenvalue weighted by atomic mass is 16.5. The van der Waals surface area contributed by atoms with Crippen molar-refractivity contribution >= 4 is 11.9 Å². The number of rotatable bonds is 6. The Hall–Kier alpha value is -3.02. The van der Waals surface area contributed by atoms with E-state index in [0.29, 0.717) is 13.1 Å². The van der Waals surface area contributed by atoms with Crippen LogP contribution in [0.15, 0.2) is 54.6 Å². The summed E-state index contributed by atoms with van der Waals surface area (Å²) in [6.45, 7) is 1.13. The van der Waals surface area contributed by atoms with Crippen LogP contribution in [0.3, 0.4) is 0 Å². The maximum absolute atomic E-state index is 12.9. The molecule has 1 fully saturated rings. The minimum Gasteiger partial charge on any atom is -0.497 e. The number of hydrogen-bond donors (Lipinski definition) is 2. The number of carbonyl (C=O) groups excluding carboxylic acids is 2. The molecule has 1 atom stereocenters. The Balaban J connectivity index is 1.56. The molecule has 1 aliphatic heterocycles. The average molecular weight is 396 g/mol. The summed E-state index contributed by atoms with van der Waals surface area (Å²) in [6, 6.07) is 17.3. The number of urea groups is 1. The van der Waals surface area contributed by atoms with Gasteiger partial charge in [0.2, 0.25) is 5.91 Å². The zero-order valence-electron chi connectivity index (χ0n) is 16.9. The van der Waals surface area contributed by atoms with Crippen molar-refractivity contribution in [2.75, 3.05) is 20.2 Å². The van der Waals surface area contributed by atoms with Crippen molar-refractivity contribution in [1.29, 1.82) is 0 Å². The van der Waals surface area contributed by atoms with Gasteiger partial charge in [0.05, 0.1) is 19.7 Å². The van der Waals surface area contributed by atoms with E-state index in [0.717, 1.165) is 42.6 Å². The van der Waals surface area contributed by atoms with Crippen molar-refractivity contribution in [2.45, 2.75) is 38.3 Å². The van der Waals surface area contributed by atoms with Gasteiger partial charge in [0, 0.05) is 13.1 Å². The van der Waals surface area contributed by atoms with Gasteiger partial charge in [-0.2, -0.15) is 0 Å². The summed E-state index contributed by atoms with van der Waals surface area (Å²) >= 11 is 0. The molecule has 2 aromatic carbocycles. The number of nitrogens with zero attached hydrogens (tertiary/aromatic N) is 1. The van der Waals surface area contributed by atoms with Crippen LogP contribution in [0.5, 0.6) is 5.75 Å². The summed E-state index contributed by atoms with van der Waals surface area (Å²) in [4.78, 5) is 26.9. The van der Waals surface area contributed by atoms with Gasteiger partial charge in [-0.3, -0.25) is 4.79 Å². The van der Waals surface area contributed by atoms with Crippen LogP contribution in [0.2, 0.25) is 0 Å². The monoisotopic (exact) mass is 395 g/mol. The van der Waals surface area contributed by atoms with Gasteiger partial charge in [0.25, 0.3) is 0 Å². The van der Waals surface area contributed by atoms with Crippen LogP contribution in [0, 0.1) is 0 Å². The Kier molecular flexibility index (Phi) is 7.50. The first-order valence-electron chi connectivity index (χ1n) is 10.2. The molecule has 1 unspecified atom stereocenters. The average Bonchev–Trinajstić information content (AvgIpc) is 3.03. The zero-order valence-corrected chi connectivity index (χ0v) is 16.9. The normalized spacial score (nSPS) is 16.6. The minimum absolute atomic E-state index is 0.00667. The van der Waals surface area contributed by atoms with E-state index < -0.39 is 0 Å². The van der Waals surface area contributed by atoms with Gasteiger partial charge < -0.3 is 20.3 Å². The molecular weight excluding hydrogens is 366 g/mol. The molecule has 0 spiro atoms. The smallest absolute Gasteiger partial charge is 0.315 e. The van der Waals surface area contributed by atoms with Crippen LogP contribution in [0.25, 0.3) is 0 Å². The molecule has 0 radical (unpaired) electrons. The van der Waals surface area contributed by atoms with E-state index in [1.807, 2.05) is 59.5 Å². The van der Waals surface area contributed by atoms with Gasteiger partial charge in [-0.1, -0.05) is 55.3 Å². The van der Waals surface area contributed by atoms with Gasteiger partial charge in [0.1, 0.15) is 5.75 Å². The number of methoxy groups -OCH3 is 1. The summed E-state index contributed by atoms with van der Waals surface area (Å²) < 4.78 is 5.24. The number of amides is 3. The van der Waals surface area contributed by atoms with Crippen molar-refractivity contribution in [1.82, 2.24) is 15.5 Å². The summed E-state index contributed by atoms with van der Waals surface area (Å²) in [5.41, 5.74) is 2.12. The van der Waals surface area contributed by atoms with E-state index in [4.69, 9.17) is 4.74 Å². The van der Waals surface area contributed by atoms with E-state index in [9.17, 15) is 9.59 Å². The van der Waals surface area contributed by atoms with Crippen LogP contribution < -0.4 is 15.4 Å². The SMILES string of the molecule is COc1ccc(C2CCCCCN2C(=O)CNC(=O)NCc2ccccc2)cc1. The van der Waals surface area contributed by atoms with Gasteiger partial charge in [0.15, 0.2) is 0 Å². The number of carbonyl (C=O) groups is 2. The molecule has 154 valence electrons. The fraction of sp³-hybridized carbons (Fsp3) is 0.391. The molecule has 0 bridgehead atoms. The summed E-state index contributed by atoms with van der Waals surface area (Å²) in [7, 11) is 1.64. The molecule has 29 heavy (non-hydrogen) atoms. The lowest BCUT2D eigenvalue weighted by molar-refractivity contribution is -0.132. The minimum atomic E-state index is -0.335. The standard InChI is InChI=1S/C23H29N3O3/c1-29-20-13-11-19(12-14-20)21-10-6-3-7-15-26(21)22(27)17-25-23(28)24-16-18-8-4-2-5-9-18/h2,4-5,8-9,11-14,21H,3,6-7,10,15-17H2,1H3,(H2,24,25,28). The molecule has 0 aliphatic carbocycles. The van der Waals surface area contributed by atoms with E-state index in [1.54, 1.807) is 7.11 Å². The molecule has 6 heteroatoms. The van der Waals surface area contributed by atoms with Crippen LogP contribution in [-0.2, 0) is 11.3 Å². The van der Waals surface area contributed by atoms with E-state index in [1.165, 1.54) is 0 Å². The molecule has 1 aliphatic rings. The molecule has 6 nitrogen and oxygen atoms in total. The second kappa shape index (κ2) is 10.5. The largest absolute Gasteiger partial charge is 0.497 e. The maximum atomic E-state index is 12.9. The molecular formula is C23H29N3O3. The fourth-order valence-corrected chi connectivity index (χ4v) is 3.68. The van der Waals surface area contributed by atoms with Crippen LogP contribution in [0.4, 0.5) is 4.79 Å². The Labute approximate surface area is 172 Å². The molecule has 2 N–H and O–H groups in total. The highest BCUT2D eigenvalue weighted by Crippen LogP contribution is 2.31. The lowest BCUT2D eigenvalue weighted by Gasteiger charge is -2.30. The number of benzene rings is 2. The predicted octanol–water partition coefficient (Wildman–Crippen LogP) is 3.64. The zero-order chi connectivity index (χ0) is 20.5. The number of hydrogen-bond acceptors (Lipinski definition) is 3. The van der Waals surface area contributed by atoms with E-state index in [-0.39, 0.29) is 24.5 Å². The van der Waals surface area contributed by atoms with Crippen molar-refractivity contribution in [2.24, 2.45) is 0 Å². The topological polar surface area (TPSA) is 70.7 Å². The van der Waals surface area contributed by atoms with Crippen molar-refractivity contribution in [3.05, 3.63) is 65.7 Å². The van der Waals surface area contributed by atoms with Gasteiger partial charge in [-0.15, -0.1) is 0 Å². The Morgan fingerprint density at radius 1 is 1.00 bits per heavy atom. The Morgan fingerprint density at radius 2 is 1.76 bits per heavy atom. The summed E-state index contributed by atoms with van der Waals surface area (Å²) in [6.07, 6.45) is 4.11. The molecule has 0 aromatic heterocycles. The van der Waals surface area contributed by atoms with E-state index in [2.05, 4.69) is 10.6 Å². The summed E-state index contributed by atoms with van der Waals surface area (Å²) in [5, 5.41) is 5.49. The molecule has 3 amide bonds. The fourth-order valence-electron chi connectivity index (χ4n) is 3.68. The first-order valence-corrected chi connectivity index (χ1v) is 10.2. The second-order valence-electron chi connectivity index (χ2n) is 7.25. The first kappa shape index (κ1) is 20.7. The highest BCUT2D eigenvalue weighted by Gasteiger charge is 2.26. The number of likely N-dealkylation sites (tertiary alicyclic amines) is 1. The number of ether oxygens (including phenoxy) is 1. The van der Waals surface area contributed by atoms with Gasteiger partial charge in [-0.05, 0) is 36.1 Å². The third kappa shape index (κ3) is 5.98. The van der Waals surface area contributed by atoms with Gasteiger partial charge >= 0.3 is 6.03 Å². The Morgan fingerprint density at radius 3 is 2.48 bits per heavy atom. The lowest BCUT2D eigenvalue weighted by atomic mass is 10.0. The highest BCUT2D eigenvalue weighted by molar-refractivity contribution is 5.84. The molecule has 1 heterocycles. The van der Waals surface area contributed by atoms with E-state index >= 15 is 0 Å². The second-order valence-corrected chi connectivity index (χ2v) is 7.25. The summed E-state index contributed by atoms with van der Waals surface area (Å²) in [5.74, 6) is 0.750. The van der Waals surface area contributed by atoms with Crippen molar-refractivity contribution in [3.8, 4) is 5.75 Å². The third-order valence-corrected chi connectivity index (χ3v) is 5.27.